The number of methoxy groups -OCH3 is 1. The zero-order valence-corrected chi connectivity index (χ0v) is 12.3. The molecule has 2 aromatic rings. The second-order valence-electron chi connectivity index (χ2n) is 4.87. The summed E-state index contributed by atoms with van der Waals surface area (Å²) >= 11 is 0. The second kappa shape index (κ2) is 6.01. The molecule has 20 heavy (non-hydrogen) atoms. The number of rotatable bonds is 4. The van der Waals surface area contributed by atoms with Crippen LogP contribution in [0.3, 0.4) is 0 Å². The minimum Gasteiger partial charge on any atom is -0.497 e. The van der Waals surface area contributed by atoms with Crippen molar-refractivity contribution in [3.8, 4) is 5.75 Å². The van der Waals surface area contributed by atoms with E-state index in [0.29, 0.717) is 0 Å². The van der Waals surface area contributed by atoms with Gasteiger partial charge in [-0.1, -0.05) is 13.0 Å². The van der Waals surface area contributed by atoms with Gasteiger partial charge in [0, 0.05) is 5.56 Å². The minimum atomic E-state index is -0.690. The molecule has 0 radical (unpaired) electrons. The molecule has 4 heteroatoms. The number of aryl methyl sites for hydroxylation is 3. The summed E-state index contributed by atoms with van der Waals surface area (Å²) in [5.74, 6) is 0.790. The number of benzene rings is 1. The number of aliphatic hydroxyl groups is 1. The van der Waals surface area contributed by atoms with Crippen LogP contribution in [0.5, 0.6) is 5.75 Å². The van der Waals surface area contributed by atoms with Crippen LogP contribution in [0, 0.1) is 13.8 Å². The summed E-state index contributed by atoms with van der Waals surface area (Å²) < 4.78 is 5.20. The van der Waals surface area contributed by atoms with Crippen molar-refractivity contribution in [2.24, 2.45) is 0 Å². The van der Waals surface area contributed by atoms with Gasteiger partial charge in [0.25, 0.3) is 0 Å². The second-order valence-corrected chi connectivity index (χ2v) is 4.87. The summed E-state index contributed by atoms with van der Waals surface area (Å²) in [4.78, 5) is 0. The molecule has 0 aliphatic carbocycles. The summed E-state index contributed by atoms with van der Waals surface area (Å²) in [6.45, 7) is 5.86. The van der Waals surface area contributed by atoms with Crippen LogP contribution < -0.4 is 4.74 Å². The Kier molecular flexibility index (Phi) is 4.35. The fraction of sp³-hybridized carbons (Fsp3) is 0.375. The fourth-order valence-corrected chi connectivity index (χ4v) is 2.30. The van der Waals surface area contributed by atoms with Crippen LogP contribution in [0.2, 0.25) is 0 Å². The number of hydrogen-bond acceptors (Lipinski definition) is 4. The first kappa shape index (κ1) is 14.5. The topological polar surface area (TPSA) is 55.2 Å². The van der Waals surface area contributed by atoms with E-state index in [9.17, 15) is 5.11 Å². The van der Waals surface area contributed by atoms with E-state index in [4.69, 9.17) is 4.74 Å². The predicted molar refractivity (Wildman–Crippen MR) is 77.9 cm³/mol. The number of aliphatic hydroxyl groups excluding tert-OH is 1. The molecule has 1 N–H and O–H groups in total. The molecule has 4 nitrogen and oxygen atoms in total. The van der Waals surface area contributed by atoms with Crippen molar-refractivity contribution in [3.63, 3.8) is 0 Å². The molecule has 0 saturated heterocycles. The number of ether oxygens (including phenoxy) is 1. The van der Waals surface area contributed by atoms with E-state index in [1.165, 1.54) is 0 Å². The first-order valence-corrected chi connectivity index (χ1v) is 6.72. The average molecular weight is 272 g/mol. The first-order chi connectivity index (χ1) is 9.56. The van der Waals surface area contributed by atoms with E-state index < -0.39 is 6.10 Å². The van der Waals surface area contributed by atoms with E-state index in [2.05, 4.69) is 10.2 Å². The minimum absolute atomic E-state index is 0.690. The van der Waals surface area contributed by atoms with Gasteiger partial charge < -0.3 is 9.84 Å². The lowest BCUT2D eigenvalue weighted by atomic mass is 9.95. The molecule has 0 fully saturated rings. The molecule has 0 aliphatic rings. The third-order valence-electron chi connectivity index (χ3n) is 3.43. The molecule has 0 aliphatic heterocycles. The summed E-state index contributed by atoms with van der Waals surface area (Å²) in [5, 5.41) is 18.9. The fourth-order valence-electron chi connectivity index (χ4n) is 2.30. The Bertz CT molecular complexity index is 611. The van der Waals surface area contributed by atoms with Crippen molar-refractivity contribution in [2.45, 2.75) is 33.3 Å². The number of nitrogens with zero attached hydrogens (tertiary/aromatic N) is 2. The number of hydrogen-bond donors (Lipinski definition) is 1. The molecule has 1 atom stereocenters. The van der Waals surface area contributed by atoms with Gasteiger partial charge in [-0.15, -0.1) is 0 Å². The van der Waals surface area contributed by atoms with Crippen LogP contribution in [0.15, 0.2) is 24.3 Å². The summed E-state index contributed by atoms with van der Waals surface area (Å²) in [6, 6.07) is 7.58. The largest absolute Gasteiger partial charge is 0.497 e. The van der Waals surface area contributed by atoms with Gasteiger partial charge in [0.15, 0.2) is 0 Å². The molecule has 1 unspecified atom stereocenters. The van der Waals surface area contributed by atoms with Crippen LogP contribution in [0.1, 0.15) is 41.1 Å². The van der Waals surface area contributed by atoms with Crippen LogP contribution >= 0.6 is 0 Å². The normalized spacial score (nSPS) is 12.2. The van der Waals surface area contributed by atoms with Gasteiger partial charge in [0.1, 0.15) is 11.9 Å². The Balaban J connectivity index is 2.45. The Morgan fingerprint density at radius 3 is 2.50 bits per heavy atom. The molecule has 0 amide bonds. The van der Waals surface area contributed by atoms with Gasteiger partial charge in [-0.25, -0.2) is 0 Å². The standard InChI is InChI=1S/C16H20N2O2/c1-5-15-14(9-11(3)17-18-15)16(19)13-7-6-12(20-4)8-10(13)2/h6-9,16,19H,5H2,1-4H3. The highest BCUT2D eigenvalue weighted by molar-refractivity contribution is 5.41. The molecule has 1 aromatic carbocycles. The van der Waals surface area contributed by atoms with Crippen LogP contribution in [0.25, 0.3) is 0 Å². The van der Waals surface area contributed by atoms with Gasteiger partial charge in [0.05, 0.1) is 18.5 Å². The molecule has 106 valence electrons. The molecule has 0 spiro atoms. The molecule has 0 bridgehead atoms. The van der Waals surface area contributed by atoms with Gasteiger partial charge >= 0.3 is 0 Å². The van der Waals surface area contributed by atoms with Gasteiger partial charge in [0.2, 0.25) is 0 Å². The lowest BCUT2D eigenvalue weighted by Crippen LogP contribution is -2.09. The SMILES string of the molecule is CCc1nnc(C)cc1C(O)c1ccc(OC)cc1C. The quantitative estimate of drug-likeness (QED) is 0.929. The van der Waals surface area contributed by atoms with Crippen LogP contribution in [-0.4, -0.2) is 22.4 Å². The zero-order chi connectivity index (χ0) is 14.7. The summed E-state index contributed by atoms with van der Waals surface area (Å²) in [6.07, 6.45) is 0.0552. The van der Waals surface area contributed by atoms with Crippen molar-refractivity contribution in [1.82, 2.24) is 10.2 Å². The predicted octanol–water partition coefficient (Wildman–Crippen LogP) is 2.75. The van der Waals surface area contributed by atoms with Gasteiger partial charge in [-0.05, 0) is 49.6 Å². The third-order valence-corrected chi connectivity index (χ3v) is 3.43. The molecule has 1 aromatic heterocycles. The maximum atomic E-state index is 10.7. The van der Waals surface area contributed by atoms with E-state index >= 15 is 0 Å². The van der Waals surface area contributed by atoms with Crippen molar-refractivity contribution >= 4 is 0 Å². The Hall–Kier alpha value is -1.94. The highest BCUT2D eigenvalue weighted by Gasteiger charge is 2.18. The zero-order valence-electron chi connectivity index (χ0n) is 12.3. The third kappa shape index (κ3) is 2.80. The van der Waals surface area contributed by atoms with Crippen LogP contribution in [0.4, 0.5) is 0 Å². The first-order valence-electron chi connectivity index (χ1n) is 6.72. The maximum absolute atomic E-state index is 10.7. The van der Waals surface area contributed by atoms with E-state index in [1.807, 2.05) is 45.0 Å². The smallest absolute Gasteiger partial charge is 0.119 e. The Labute approximate surface area is 119 Å². The molecule has 2 rings (SSSR count). The van der Waals surface area contributed by atoms with Crippen molar-refractivity contribution in [3.05, 3.63) is 52.3 Å². The van der Waals surface area contributed by atoms with Crippen LogP contribution in [-0.2, 0) is 6.42 Å². The molecule has 0 saturated carbocycles. The van der Waals surface area contributed by atoms with Gasteiger partial charge in [-0.2, -0.15) is 10.2 Å². The van der Waals surface area contributed by atoms with E-state index in [1.54, 1.807) is 7.11 Å². The molecule has 1 heterocycles. The van der Waals surface area contributed by atoms with Crippen molar-refractivity contribution in [1.29, 1.82) is 0 Å². The summed E-state index contributed by atoms with van der Waals surface area (Å²) in [5.41, 5.74) is 4.33. The molecular formula is C16H20N2O2. The maximum Gasteiger partial charge on any atom is 0.119 e. The Morgan fingerprint density at radius 1 is 1.15 bits per heavy atom. The monoisotopic (exact) mass is 272 g/mol. The Morgan fingerprint density at radius 2 is 1.90 bits per heavy atom. The van der Waals surface area contributed by atoms with Crippen molar-refractivity contribution in [2.75, 3.05) is 7.11 Å². The highest BCUT2D eigenvalue weighted by atomic mass is 16.5. The number of aromatic nitrogens is 2. The van der Waals surface area contributed by atoms with E-state index in [0.717, 1.165) is 40.2 Å². The highest BCUT2D eigenvalue weighted by Crippen LogP contribution is 2.29. The lowest BCUT2D eigenvalue weighted by Gasteiger charge is -2.17. The molecular weight excluding hydrogens is 252 g/mol. The van der Waals surface area contributed by atoms with E-state index in [-0.39, 0.29) is 0 Å². The average Bonchev–Trinajstić information content (AvgIpc) is 2.46. The summed E-state index contributed by atoms with van der Waals surface area (Å²) in [7, 11) is 1.64. The van der Waals surface area contributed by atoms with Crippen molar-refractivity contribution < 1.29 is 9.84 Å². The lowest BCUT2D eigenvalue weighted by molar-refractivity contribution is 0.217. The van der Waals surface area contributed by atoms with Gasteiger partial charge in [-0.3, -0.25) is 0 Å².